The van der Waals surface area contributed by atoms with Gasteiger partial charge in [0.05, 0.1) is 5.56 Å². The monoisotopic (exact) mass is 263 g/mol. The molecule has 1 fully saturated rings. The summed E-state index contributed by atoms with van der Waals surface area (Å²) in [7, 11) is 3.95. The van der Waals surface area contributed by atoms with Crippen molar-refractivity contribution in [3.63, 3.8) is 0 Å². The number of hydrogen-bond acceptors (Lipinski definition) is 5. The standard InChI is InChI=1S/C13H21N5O/c1-17-7-3-4-11(17)9-18(2)13(19)10-5-6-12(16-14)15-8-10/h5-6,8,11H,3-4,7,9,14H2,1-2H3,(H,15,16). The Hall–Kier alpha value is -1.66. The number of anilines is 1. The lowest BCUT2D eigenvalue weighted by Crippen LogP contribution is -2.39. The molecule has 6 heteroatoms. The molecule has 0 radical (unpaired) electrons. The number of rotatable bonds is 4. The van der Waals surface area contributed by atoms with Gasteiger partial charge < -0.3 is 15.2 Å². The van der Waals surface area contributed by atoms with Crippen LogP contribution in [-0.2, 0) is 0 Å². The minimum atomic E-state index is -0.00336. The van der Waals surface area contributed by atoms with Crippen molar-refractivity contribution in [3.8, 4) is 0 Å². The molecule has 6 nitrogen and oxygen atoms in total. The highest BCUT2D eigenvalue weighted by atomic mass is 16.2. The maximum Gasteiger partial charge on any atom is 0.255 e. The number of nitrogens with zero attached hydrogens (tertiary/aromatic N) is 3. The summed E-state index contributed by atoms with van der Waals surface area (Å²) in [5, 5.41) is 0. The first-order chi connectivity index (χ1) is 9.11. The molecule has 2 rings (SSSR count). The van der Waals surface area contributed by atoms with Gasteiger partial charge in [-0.05, 0) is 38.6 Å². The van der Waals surface area contributed by atoms with Gasteiger partial charge in [0.15, 0.2) is 0 Å². The second-order valence-electron chi connectivity index (χ2n) is 5.04. The lowest BCUT2D eigenvalue weighted by Gasteiger charge is -2.25. The van der Waals surface area contributed by atoms with Gasteiger partial charge in [0.1, 0.15) is 5.82 Å². The minimum absolute atomic E-state index is 0.00336. The highest BCUT2D eigenvalue weighted by Gasteiger charge is 2.24. The summed E-state index contributed by atoms with van der Waals surface area (Å²) >= 11 is 0. The second kappa shape index (κ2) is 5.99. The Morgan fingerprint density at radius 3 is 2.95 bits per heavy atom. The van der Waals surface area contributed by atoms with Gasteiger partial charge in [-0.2, -0.15) is 0 Å². The number of carbonyl (C=O) groups excluding carboxylic acids is 1. The number of pyridine rings is 1. The molecule has 1 amide bonds. The molecular formula is C13H21N5O. The lowest BCUT2D eigenvalue weighted by atomic mass is 10.2. The third kappa shape index (κ3) is 3.21. The number of amides is 1. The van der Waals surface area contributed by atoms with Gasteiger partial charge in [-0.15, -0.1) is 0 Å². The maximum atomic E-state index is 12.3. The Labute approximate surface area is 113 Å². The number of aromatic nitrogens is 1. The van der Waals surface area contributed by atoms with E-state index in [0.717, 1.165) is 19.5 Å². The van der Waals surface area contributed by atoms with Gasteiger partial charge in [-0.25, -0.2) is 10.8 Å². The third-order valence-corrected chi connectivity index (χ3v) is 3.66. The molecular weight excluding hydrogens is 242 g/mol. The normalized spacial score (nSPS) is 19.4. The molecule has 104 valence electrons. The number of likely N-dealkylation sites (tertiary alicyclic amines) is 1. The lowest BCUT2D eigenvalue weighted by molar-refractivity contribution is 0.0761. The van der Waals surface area contributed by atoms with Crippen LogP contribution in [0.5, 0.6) is 0 Å². The molecule has 0 aliphatic carbocycles. The molecule has 3 N–H and O–H groups in total. The number of nitrogens with two attached hydrogens (primary N) is 1. The third-order valence-electron chi connectivity index (χ3n) is 3.66. The van der Waals surface area contributed by atoms with E-state index in [2.05, 4.69) is 22.4 Å². The Morgan fingerprint density at radius 2 is 2.42 bits per heavy atom. The number of hydrogen-bond donors (Lipinski definition) is 2. The van der Waals surface area contributed by atoms with Gasteiger partial charge >= 0.3 is 0 Å². The first-order valence-corrected chi connectivity index (χ1v) is 6.50. The largest absolute Gasteiger partial charge is 0.340 e. The van der Waals surface area contributed by atoms with E-state index >= 15 is 0 Å². The van der Waals surface area contributed by atoms with E-state index in [0.29, 0.717) is 17.4 Å². The topological polar surface area (TPSA) is 74.5 Å². The minimum Gasteiger partial charge on any atom is -0.340 e. The summed E-state index contributed by atoms with van der Waals surface area (Å²) < 4.78 is 0. The number of carbonyl (C=O) groups is 1. The van der Waals surface area contributed by atoms with Gasteiger partial charge in [0, 0.05) is 25.8 Å². The molecule has 19 heavy (non-hydrogen) atoms. The van der Waals surface area contributed by atoms with E-state index in [9.17, 15) is 4.79 Å². The summed E-state index contributed by atoms with van der Waals surface area (Å²) in [5.74, 6) is 5.79. The van der Waals surface area contributed by atoms with E-state index in [1.165, 1.54) is 6.42 Å². The number of nitrogens with one attached hydrogen (secondary N) is 1. The van der Waals surface area contributed by atoms with Crippen LogP contribution in [0.15, 0.2) is 18.3 Å². The van der Waals surface area contributed by atoms with Crippen LogP contribution >= 0.6 is 0 Å². The Morgan fingerprint density at radius 1 is 1.63 bits per heavy atom. The molecule has 1 aromatic rings. The molecule has 1 aromatic heterocycles. The summed E-state index contributed by atoms with van der Waals surface area (Å²) in [6.45, 7) is 1.87. The van der Waals surface area contributed by atoms with Crippen molar-refractivity contribution < 1.29 is 4.79 Å². The fourth-order valence-electron chi connectivity index (χ4n) is 2.44. The fraction of sp³-hybridized carbons (Fsp3) is 0.538. The average molecular weight is 263 g/mol. The summed E-state index contributed by atoms with van der Waals surface area (Å²) in [5.41, 5.74) is 3.03. The van der Waals surface area contributed by atoms with Gasteiger partial charge in [-0.3, -0.25) is 4.79 Å². The maximum absolute atomic E-state index is 12.3. The van der Waals surface area contributed by atoms with Crippen molar-refractivity contribution in [1.29, 1.82) is 0 Å². The van der Waals surface area contributed by atoms with Crippen LogP contribution in [0.1, 0.15) is 23.2 Å². The molecule has 0 spiro atoms. The zero-order valence-corrected chi connectivity index (χ0v) is 11.5. The second-order valence-corrected chi connectivity index (χ2v) is 5.04. The van der Waals surface area contributed by atoms with E-state index < -0.39 is 0 Å². The van der Waals surface area contributed by atoms with Crippen molar-refractivity contribution in [2.24, 2.45) is 5.84 Å². The zero-order valence-electron chi connectivity index (χ0n) is 11.5. The van der Waals surface area contributed by atoms with Gasteiger partial charge in [0.2, 0.25) is 0 Å². The first-order valence-electron chi connectivity index (χ1n) is 6.50. The van der Waals surface area contributed by atoms with Gasteiger partial charge in [0.25, 0.3) is 5.91 Å². The zero-order chi connectivity index (χ0) is 13.8. The van der Waals surface area contributed by atoms with Crippen molar-refractivity contribution >= 4 is 11.7 Å². The smallest absolute Gasteiger partial charge is 0.255 e. The molecule has 0 bridgehead atoms. The predicted octanol–water partition coefficient (Wildman–Crippen LogP) is 0.533. The van der Waals surface area contributed by atoms with Gasteiger partial charge in [-0.1, -0.05) is 0 Å². The fourth-order valence-corrected chi connectivity index (χ4v) is 2.44. The van der Waals surface area contributed by atoms with Crippen molar-refractivity contribution in [1.82, 2.24) is 14.8 Å². The van der Waals surface area contributed by atoms with Crippen LogP contribution in [-0.4, -0.2) is 53.9 Å². The highest BCUT2D eigenvalue weighted by molar-refractivity contribution is 5.93. The molecule has 2 heterocycles. The average Bonchev–Trinajstić information content (AvgIpc) is 2.83. The number of likely N-dealkylation sites (N-methyl/N-ethyl adjacent to an activating group) is 2. The SMILES string of the molecule is CN(CC1CCCN1C)C(=O)c1ccc(NN)nc1. The predicted molar refractivity (Wildman–Crippen MR) is 74.7 cm³/mol. The highest BCUT2D eigenvalue weighted by Crippen LogP contribution is 2.16. The molecule has 0 saturated carbocycles. The van der Waals surface area contributed by atoms with E-state index in [1.807, 2.05) is 7.05 Å². The van der Waals surface area contributed by atoms with Crippen molar-refractivity contribution in [3.05, 3.63) is 23.9 Å². The number of hydrazine groups is 1. The Balaban J connectivity index is 1.97. The van der Waals surface area contributed by atoms with Crippen LogP contribution < -0.4 is 11.3 Å². The van der Waals surface area contributed by atoms with Crippen molar-refractivity contribution in [2.45, 2.75) is 18.9 Å². The molecule has 1 atom stereocenters. The summed E-state index contributed by atoms with van der Waals surface area (Å²) in [6.07, 6.45) is 3.91. The molecule has 0 aromatic carbocycles. The van der Waals surface area contributed by atoms with Crippen LogP contribution in [0, 0.1) is 0 Å². The van der Waals surface area contributed by atoms with E-state index in [1.54, 1.807) is 23.2 Å². The van der Waals surface area contributed by atoms with Crippen LogP contribution in [0.4, 0.5) is 5.82 Å². The molecule has 1 aliphatic rings. The van der Waals surface area contributed by atoms with E-state index in [-0.39, 0.29) is 5.91 Å². The molecule has 1 saturated heterocycles. The molecule has 1 unspecified atom stereocenters. The van der Waals surface area contributed by atoms with E-state index in [4.69, 9.17) is 5.84 Å². The first kappa shape index (κ1) is 13.8. The molecule has 1 aliphatic heterocycles. The Kier molecular flexibility index (Phi) is 4.34. The van der Waals surface area contributed by atoms with Crippen LogP contribution in [0.2, 0.25) is 0 Å². The number of nitrogen functional groups attached to an aromatic ring is 1. The quantitative estimate of drug-likeness (QED) is 0.612. The Bertz CT molecular complexity index is 433. The summed E-state index contributed by atoms with van der Waals surface area (Å²) in [6, 6.07) is 3.90. The van der Waals surface area contributed by atoms with Crippen LogP contribution in [0.25, 0.3) is 0 Å². The van der Waals surface area contributed by atoms with Crippen LogP contribution in [0.3, 0.4) is 0 Å². The summed E-state index contributed by atoms with van der Waals surface area (Å²) in [4.78, 5) is 20.4. The van der Waals surface area contributed by atoms with Crippen molar-refractivity contribution in [2.75, 3.05) is 32.6 Å².